The maximum atomic E-state index is 12.2. The molecule has 0 radical (unpaired) electrons. The van der Waals surface area contributed by atoms with Gasteiger partial charge < -0.3 is 10.6 Å². The van der Waals surface area contributed by atoms with E-state index in [-0.39, 0.29) is 29.3 Å². The number of thiophene rings is 1. The van der Waals surface area contributed by atoms with E-state index >= 15 is 0 Å². The van der Waals surface area contributed by atoms with E-state index in [0.29, 0.717) is 0 Å². The Morgan fingerprint density at radius 2 is 2.18 bits per heavy atom. The van der Waals surface area contributed by atoms with Crippen LogP contribution in [-0.4, -0.2) is 44.9 Å². The molecular weight excluding hydrogens is 322 g/mol. The molecule has 0 saturated heterocycles. The Labute approximate surface area is 136 Å². The second kappa shape index (κ2) is 8.17. The van der Waals surface area contributed by atoms with Gasteiger partial charge in [0.1, 0.15) is 4.21 Å². The predicted octanol–water partition coefficient (Wildman–Crippen LogP) is 1.33. The number of amides is 2. The Kier molecular flexibility index (Phi) is 6.87. The van der Waals surface area contributed by atoms with Crippen LogP contribution in [0.5, 0.6) is 0 Å². The summed E-state index contributed by atoms with van der Waals surface area (Å²) in [5.74, 6) is 2.62. The van der Waals surface area contributed by atoms with Gasteiger partial charge in [-0.15, -0.1) is 17.8 Å². The van der Waals surface area contributed by atoms with Crippen molar-refractivity contribution >= 4 is 27.4 Å². The topological polar surface area (TPSA) is 78.5 Å². The van der Waals surface area contributed by atoms with Crippen molar-refractivity contribution in [3.8, 4) is 12.3 Å². The average molecular weight is 343 g/mol. The largest absolute Gasteiger partial charge is 0.337 e. The quantitative estimate of drug-likeness (QED) is 0.733. The van der Waals surface area contributed by atoms with Crippen molar-refractivity contribution in [3.05, 3.63) is 17.5 Å². The minimum absolute atomic E-state index is 0.123. The second-order valence-corrected chi connectivity index (χ2v) is 8.27. The van der Waals surface area contributed by atoms with Crippen molar-refractivity contribution < 1.29 is 13.2 Å². The summed E-state index contributed by atoms with van der Waals surface area (Å²) < 4.78 is 25.8. The lowest BCUT2D eigenvalue weighted by atomic mass is 10.1. The number of hydrogen-bond acceptors (Lipinski definition) is 4. The van der Waals surface area contributed by atoms with Crippen molar-refractivity contribution in [2.45, 2.75) is 24.1 Å². The van der Waals surface area contributed by atoms with Crippen LogP contribution in [0.1, 0.15) is 13.8 Å². The molecule has 0 unspecified atom stereocenters. The summed E-state index contributed by atoms with van der Waals surface area (Å²) in [4.78, 5) is 11.7. The molecule has 22 heavy (non-hydrogen) atoms. The van der Waals surface area contributed by atoms with Crippen LogP contribution in [0.4, 0.5) is 4.79 Å². The molecule has 0 fully saturated rings. The highest BCUT2D eigenvalue weighted by Crippen LogP contribution is 2.19. The van der Waals surface area contributed by atoms with Gasteiger partial charge in [-0.3, -0.25) is 0 Å². The molecule has 1 heterocycles. The van der Waals surface area contributed by atoms with Gasteiger partial charge in [0.2, 0.25) is 0 Å². The van der Waals surface area contributed by atoms with Gasteiger partial charge in [0.15, 0.2) is 0 Å². The molecule has 122 valence electrons. The number of likely N-dealkylation sites (N-methyl/N-ethyl adjacent to an activating group) is 1. The molecular formula is C14H21N3O3S2. The van der Waals surface area contributed by atoms with Gasteiger partial charge >= 0.3 is 6.03 Å². The number of carbonyl (C=O) groups excluding carboxylic acids is 1. The molecule has 0 spiro atoms. The zero-order valence-corrected chi connectivity index (χ0v) is 14.5. The standard InChI is InChI=1S/C14H21N3O3S2/c1-5-12(11(2)3)16-14(18)15-8-9-17(4)22(19,20)13-7-6-10-21-13/h1,6-7,10-12H,8-9H2,2-4H3,(H2,15,16,18)/t12-/m1/s1. The summed E-state index contributed by atoms with van der Waals surface area (Å²) in [6, 6.07) is 2.48. The van der Waals surface area contributed by atoms with Crippen molar-refractivity contribution in [1.29, 1.82) is 0 Å². The molecule has 0 bridgehead atoms. The second-order valence-electron chi connectivity index (χ2n) is 5.05. The van der Waals surface area contributed by atoms with Gasteiger partial charge in [0.25, 0.3) is 10.0 Å². The fourth-order valence-corrected chi connectivity index (χ4v) is 3.98. The fraction of sp³-hybridized carbons (Fsp3) is 0.500. The molecule has 2 N–H and O–H groups in total. The Hall–Kier alpha value is -1.56. The third kappa shape index (κ3) is 5.02. The minimum atomic E-state index is -3.49. The summed E-state index contributed by atoms with van der Waals surface area (Å²) >= 11 is 1.16. The van der Waals surface area contributed by atoms with Crippen molar-refractivity contribution in [1.82, 2.24) is 14.9 Å². The normalized spacial score (nSPS) is 12.9. The number of hydrogen-bond donors (Lipinski definition) is 2. The third-order valence-corrected chi connectivity index (χ3v) is 6.23. The van der Waals surface area contributed by atoms with Gasteiger partial charge in [0.05, 0.1) is 6.04 Å². The van der Waals surface area contributed by atoms with Crippen LogP contribution in [0, 0.1) is 18.3 Å². The maximum absolute atomic E-state index is 12.2. The predicted molar refractivity (Wildman–Crippen MR) is 88.1 cm³/mol. The zero-order chi connectivity index (χ0) is 16.8. The zero-order valence-electron chi connectivity index (χ0n) is 12.9. The van der Waals surface area contributed by atoms with Crippen LogP contribution < -0.4 is 10.6 Å². The van der Waals surface area contributed by atoms with E-state index < -0.39 is 16.1 Å². The van der Waals surface area contributed by atoms with E-state index in [1.807, 2.05) is 13.8 Å². The molecule has 0 aromatic carbocycles. The van der Waals surface area contributed by atoms with Crippen molar-refractivity contribution in [3.63, 3.8) is 0 Å². The van der Waals surface area contributed by atoms with Gasteiger partial charge in [0, 0.05) is 20.1 Å². The number of carbonyl (C=O) groups is 1. The maximum Gasteiger partial charge on any atom is 0.315 e. The fourth-order valence-electron chi connectivity index (χ4n) is 1.60. The summed E-state index contributed by atoms with van der Waals surface area (Å²) in [6.45, 7) is 4.19. The number of nitrogens with one attached hydrogen (secondary N) is 2. The van der Waals surface area contributed by atoms with E-state index in [0.717, 1.165) is 11.3 Å². The highest BCUT2D eigenvalue weighted by molar-refractivity contribution is 7.91. The molecule has 8 heteroatoms. The summed E-state index contributed by atoms with van der Waals surface area (Å²) in [5.41, 5.74) is 0. The summed E-state index contributed by atoms with van der Waals surface area (Å²) in [5, 5.41) is 6.96. The van der Waals surface area contributed by atoms with Crippen LogP contribution >= 0.6 is 11.3 Å². The Bertz CT molecular complexity index is 618. The van der Waals surface area contributed by atoms with Gasteiger partial charge in [-0.25, -0.2) is 13.2 Å². The molecule has 2 amide bonds. The molecule has 0 aliphatic rings. The van der Waals surface area contributed by atoms with E-state index in [1.165, 1.54) is 11.4 Å². The van der Waals surface area contributed by atoms with E-state index in [1.54, 1.807) is 17.5 Å². The molecule has 6 nitrogen and oxygen atoms in total. The number of urea groups is 1. The third-order valence-electron chi connectivity index (χ3n) is 3.00. The lowest BCUT2D eigenvalue weighted by Gasteiger charge is -2.19. The monoisotopic (exact) mass is 343 g/mol. The average Bonchev–Trinajstić information content (AvgIpc) is 2.99. The number of nitrogens with zero attached hydrogens (tertiary/aromatic N) is 1. The Balaban J connectivity index is 2.44. The molecule has 1 rings (SSSR count). The first-order valence-corrected chi connectivity index (χ1v) is 9.11. The molecule has 0 saturated carbocycles. The SMILES string of the molecule is C#C[C@@H](NC(=O)NCCN(C)S(=O)(=O)c1cccs1)C(C)C. The van der Waals surface area contributed by atoms with Crippen LogP contribution in [0.25, 0.3) is 0 Å². The molecule has 0 aliphatic carbocycles. The van der Waals surface area contributed by atoms with Crippen molar-refractivity contribution in [2.75, 3.05) is 20.1 Å². The first-order chi connectivity index (χ1) is 10.3. The van der Waals surface area contributed by atoms with Gasteiger partial charge in [-0.1, -0.05) is 25.8 Å². The lowest BCUT2D eigenvalue weighted by Crippen LogP contribution is -2.46. The van der Waals surface area contributed by atoms with Crippen LogP contribution in [0.3, 0.4) is 0 Å². The first-order valence-electron chi connectivity index (χ1n) is 6.79. The van der Waals surface area contributed by atoms with Gasteiger partial charge in [-0.2, -0.15) is 4.31 Å². The lowest BCUT2D eigenvalue weighted by molar-refractivity contribution is 0.236. The Morgan fingerprint density at radius 1 is 1.50 bits per heavy atom. The van der Waals surface area contributed by atoms with E-state index in [2.05, 4.69) is 16.6 Å². The van der Waals surface area contributed by atoms with Crippen molar-refractivity contribution in [2.24, 2.45) is 5.92 Å². The van der Waals surface area contributed by atoms with Crippen LogP contribution in [-0.2, 0) is 10.0 Å². The number of terminal acetylenes is 1. The smallest absolute Gasteiger partial charge is 0.315 e. The van der Waals surface area contributed by atoms with E-state index in [4.69, 9.17) is 6.42 Å². The highest BCUT2D eigenvalue weighted by atomic mass is 32.2. The van der Waals surface area contributed by atoms with E-state index in [9.17, 15) is 13.2 Å². The molecule has 1 aromatic heterocycles. The molecule has 0 aliphatic heterocycles. The first kappa shape index (κ1) is 18.5. The van der Waals surface area contributed by atoms with Gasteiger partial charge in [-0.05, 0) is 17.4 Å². The Morgan fingerprint density at radius 3 is 2.68 bits per heavy atom. The summed E-state index contributed by atoms with van der Waals surface area (Å²) in [7, 11) is -2.01. The molecule has 1 aromatic rings. The highest BCUT2D eigenvalue weighted by Gasteiger charge is 2.21. The number of rotatable bonds is 7. The minimum Gasteiger partial charge on any atom is -0.337 e. The number of sulfonamides is 1. The van der Waals surface area contributed by atoms with Crippen LogP contribution in [0.15, 0.2) is 21.7 Å². The molecule has 1 atom stereocenters. The van der Waals surface area contributed by atoms with Crippen LogP contribution in [0.2, 0.25) is 0 Å². The summed E-state index contributed by atoms with van der Waals surface area (Å²) in [6.07, 6.45) is 5.33.